The summed E-state index contributed by atoms with van der Waals surface area (Å²) in [4.78, 5) is 0. The minimum atomic E-state index is -4.96. The van der Waals surface area contributed by atoms with Gasteiger partial charge in [0.1, 0.15) is 17.4 Å². The molecule has 1 radical (unpaired) electrons. The van der Waals surface area contributed by atoms with Gasteiger partial charge in [-0.3, -0.25) is 0 Å². The van der Waals surface area contributed by atoms with E-state index in [4.69, 9.17) is 0 Å². The first kappa shape index (κ1) is 9.76. The quantitative estimate of drug-likeness (QED) is 0.629. The molecule has 0 amide bonds. The van der Waals surface area contributed by atoms with Crippen LogP contribution in [0, 0.1) is 17.7 Å². The van der Waals surface area contributed by atoms with Crippen LogP contribution < -0.4 is 4.74 Å². The molecule has 0 saturated carbocycles. The molecule has 13 heavy (non-hydrogen) atoms. The van der Waals surface area contributed by atoms with Gasteiger partial charge >= 0.3 is 6.36 Å². The van der Waals surface area contributed by atoms with Crippen LogP contribution in [0.4, 0.5) is 22.0 Å². The van der Waals surface area contributed by atoms with Gasteiger partial charge in [-0.2, -0.15) is 0 Å². The molecule has 71 valence electrons. The SMILES string of the molecule is Fc1[c]c(F)cc(OC(F)(F)F)c1. The highest BCUT2D eigenvalue weighted by Crippen LogP contribution is 2.23. The third-order valence-corrected chi connectivity index (χ3v) is 1.01. The topological polar surface area (TPSA) is 9.23 Å². The van der Waals surface area contributed by atoms with Gasteiger partial charge in [-0.25, -0.2) is 8.78 Å². The summed E-state index contributed by atoms with van der Waals surface area (Å²) < 4.78 is 62.4. The van der Waals surface area contributed by atoms with Crippen molar-refractivity contribution in [1.29, 1.82) is 0 Å². The van der Waals surface area contributed by atoms with E-state index in [0.717, 1.165) is 0 Å². The highest BCUT2D eigenvalue weighted by Gasteiger charge is 2.31. The molecule has 0 aliphatic heterocycles. The monoisotopic (exact) mass is 197 g/mol. The number of benzene rings is 1. The lowest BCUT2D eigenvalue weighted by atomic mass is 10.3. The molecule has 0 heterocycles. The molecular formula is C7H2F5O. The lowest BCUT2D eigenvalue weighted by molar-refractivity contribution is -0.274. The van der Waals surface area contributed by atoms with Gasteiger partial charge in [0.15, 0.2) is 0 Å². The Bertz CT molecular complexity index is 286. The van der Waals surface area contributed by atoms with Crippen molar-refractivity contribution < 1.29 is 26.7 Å². The predicted molar refractivity (Wildman–Crippen MR) is 31.9 cm³/mol. The van der Waals surface area contributed by atoms with Crippen molar-refractivity contribution in [3.8, 4) is 5.75 Å². The zero-order chi connectivity index (χ0) is 10.1. The molecule has 1 aromatic carbocycles. The average molecular weight is 197 g/mol. The smallest absolute Gasteiger partial charge is 0.406 e. The Morgan fingerprint density at radius 1 is 1.08 bits per heavy atom. The minimum Gasteiger partial charge on any atom is -0.406 e. The average Bonchev–Trinajstić information content (AvgIpc) is 1.78. The van der Waals surface area contributed by atoms with E-state index >= 15 is 0 Å². The largest absolute Gasteiger partial charge is 0.573 e. The van der Waals surface area contributed by atoms with E-state index in [0.29, 0.717) is 12.1 Å². The Balaban J connectivity index is 2.90. The van der Waals surface area contributed by atoms with Gasteiger partial charge in [-0.05, 0) is 0 Å². The second kappa shape index (κ2) is 3.20. The maximum atomic E-state index is 12.3. The van der Waals surface area contributed by atoms with Crippen LogP contribution >= 0.6 is 0 Å². The zero-order valence-electron chi connectivity index (χ0n) is 5.95. The highest BCUT2D eigenvalue weighted by molar-refractivity contribution is 5.23. The Labute approximate surface area is 69.7 Å². The predicted octanol–water partition coefficient (Wildman–Crippen LogP) is 2.66. The normalized spacial score (nSPS) is 11.5. The van der Waals surface area contributed by atoms with E-state index in [2.05, 4.69) is 4.74 Å². The van der Waals surface area contributed by atoms with E-state index in [9.17, 15) is 22.0 Å². The van der Waals surface area contributed by atoms with Crippen molar-refractivity contribution in [3.63, 3.8) is 0 Å². The summed E-state index contributed by atoms with van der Waals surface area (Å²) in [6.45, 7) is 0. The van der Waals surface area contributed by atoms with Crippen LogP contribution in [-0.4, -0.2) is 6.36 Å². The summed E-state index contributed by atoms with van der Waals surface area (Å²) in [5, 5.41) is 0. The lowest BCUT2D eigenvalue weighted by Crippen LogP contribution is -2.17. The molecule has 0 N–H and O–H groups in total. The van der Waals surface area contributed by atoms with Gasteiger partial charge in [0, 0.05) is 12.1 Å². The van der Waals surface area contributed by atoms with Crippen molar-refractivity contribution in [2.75, 3.05) is 0 Å². The molecular weight excluding hydrogens is 195 g/mol. The first-order chi connectivity index (χ1) is 5.87. The van der Waals surface area contributed by atoms with E-state index in [1.807, 2.05) is 0 Å². The summed E-state index contributed by atoms with van der Waals surface area (Å²) >= 11 is 0. The number of hydrogen-bond acceptors (Lipinski definition) is 1. The maximum absolute atomic E-state index is 12.3. The van der Waals surface area contributed by atoms with Gasteiger partial charge in [0.25, 0.3) is 0 Å². The van der Waals surface area contributed by atoms with E-state index in [1.54, 1.807) is 0 Å². The summed E-state index contributed by atoms with van der Waals surface area (Å²) in [5.74, 6) is -3.44. The zero-order valence-corrected chi connectivity index (χ0v) is 5.95. The standard InChI is InChI=1S/C7H2F5O/c8-4-1-5(9)3-6(2-4)13-7(10,11)12/h2-3H. The third kappa shape index (κ3) is 3.27. The fraction of sp³-hybridized carbons (Fsp3) is 0.143. The van der Waals surface area contributed by atoms with Gasteiger partial charge < -0.3 is 4.74 Å². The first-order valence-electron chi connectivity index (χ1n) is 3.01. The van der Waals surface area contributed by atoms with Crippen molar-refractivity contribution in [3.05, 3.63) is 29.8 Å². The van der Waals surface area contributed by atoms with Gasteiger partial charge in [-0.15, -0.1) is 13.2 Å². The van der Waals surface area contributed by atoms with Crippen LogP contribution in [0.5, 0.6) is 5.75 Å². The Kier molecular flexibility index (Phi) is 2.40. The third-order valence-electron chi connectivity index (χ3n) is 1.01. The van der Waals surface area contributed by atoms with Crippen molar-refractivity contribution in [2.24, 2.45) is 0 Å². The fourth-order valence-corrected chi connectivity index (χ4v) is 0.670. The van der Waals surface area contributed by atoms with Crippen LogP contribution in [0.15, 0.2) is 12.1 Å². The van der Waals surface area contributed by atoms with E-state index < -0.39 is 23.7 Å². The summed E-state index contributed by atoms with van der Waals surface area (Å²) in [6.07, 6.45) is -4.96. The fourth-order valence-electron chi connectivity index (χ4n) is 0.670. The highest BCUT2D eigenvalue weighted by atomic mass is 19.4. The van der Waals surface area contributed by atoms with Crippen molar-refractivity contribution in [1.82, 2.24) is 0 Å². The number of rotatable bonds is 1. The molecule has 1 aromatic rings. The second-order valence-electron chi connectivity index (χ2n) is 2.06. The second-order valence-corrected chi connectivity index (χ2v) is 2.06. The van der Waals surface area contributed by atoms with E-state index in [-0.39, 0.29) is 0 Å². The van der Waals surface area contributed by atoms with Crippen molar-refractivity contribution >= 4 is 0 Å². The Morgan fingerprint density at radius 3 is 1.92 bits per heavy atom. The Hall–Kier alpha value is -1.33. The molecule has 0 aliphatic carbocycles. The molecule has 0 saturated heterocycles. The number of halogens is 5. The number of ether oxygens (including phenoxy) is 1. The Morgan fingerprint density at radius 2 is 1.54 bits per heavy atom. The van der Waals surface area contributed by atoms with Gasteiger partial charge in [0.2, 0.25) is 0 Å². The molecule has 0 aliphatic rings. The summed E-state index contributed by atoms with van der Waals surface area (Å²) in [7, 11) is 0. The molecule has 6 heteroatoms. The number of alkyl halides is 3. The minimum absolute atomic E-state index is 0.385. The first-order valence-corrected chi connectivity index (χ1v) is 3.01. The molecule has 0 spiro atoms. The maximum Gasteiger partial charge on any atom is 0.573 e. The van der Waals surface area contributed by atoms with Crippen LogP contribution in [0.2, 0.25) is 0 Å². The van der Waals surface area contributed by atoms with Crippen LogP contribution in [-0.2, 0) is 0 Å². The van der Waals surface area contributed by atoms with Crippen LogP contribution in [0.1, 0.15) is 0 Å². The van der Waals surface area contributed by atoms with Crippen LogP contribution in [0.3, 0.4) is 0 Å². The molecule has 0 atom stereocenters. The molecule has 0 aromatic heterocycles. The summed E-state index contributed by atoms with van der Waals surface area (Å²) in [5.41, 5.74) is 0. The van der Waals surface area contributed by atoms with Gasteiger partial charge in [0.05, 0.1) is 6.07 Å². The molecule has 1 nitrogen and oxygen atoms in total. The van der Waals surface area contributed by atoms with Gasteiger partial charge in [-0.1, -0.05) is 0 Å². The number of hydrogen-bond donors (Lipinski definition) is 0. The molecule has 0 unspecified atom stereocenters. The summed E-state index contributed by atoms with van der Waals surface area (Å²) in [6, 6.07) is 2.29. The van der Waals surface area contributed by atoms with Crippen molar-refractivity contribution in [2.45, 2.75) is 6.36 Å². The molecule has 0 bridgehead atoms. The lowest BCUT2D eigenvalue weighted by Gasteiger charge is -2.08. The molecule has 0 fully saturated rings. The van der Waals surface area contributed by atoms with E-state index in [1.165, 1.54) is 6.07 Å². The molecule has 1 rings (SSSR count). The van der Waals surface area contributed by atoms with Crippen LogP contribution in [0.25, 0.3) is 0 Å².